The fourth-order valence-corrected chi connectivity index (χ4v) is 3.55. The van der Waals surface area contributed by atoms with E-state index in [4.69, 9.17) is 16.3 Å². The molecule has 3 nitrogen and oxygen atoms in total. The van der Waals surface area contributed by atoms with Crippen LogP contribution < -0.4 is 10.1 Å². The highest BCUT2D eigenvalue weighted by atomic mass is 35.5. The summed E-state index contributed by atoms with van der Waals surface area (Å²) in [5.41, 5.74) is 3.15. The highest BCUT2D eigenvalue weighted by Crippen LogP contribution is 2.50. The molecule has 27 heavy (non-hydrogen) atoms. The van der Waals surface area contributed by atoms with Gasteiger partial charge in [-0.1, -0.05) is 37.6 Å². The van der Waals surface area contributed by atoms with Gasteiger partial charge in [-0.2, -0.15) is 0 Å². The SMILES string of the molecule is CC.COc1ccc(C(=O)NC(C)C)cc1C1CC(c2ccc(Cl)cc2)C1. The zero-order chi connectivity index (χ0) is 20.0. The number of hydrogen-bond donors (Lipinski definition) is 1. The highest BCUT2D eigenvalue weighted by molar-refractivity contribution is 6.30. The second kappa shape index (κ2) is 9.80. The molecule has 1 aliphatic rings. The van der Waals surface area contributed by atoms with Gasteiger partial charge >= 0.3 is 0 Å². The smallest absolute Gasteiger partial charge is 0.251 e. The minimum Gasteiger partial charge on any atom is -0.496 e. The van der Waals surface area contributed by atoms with E-state index in [1.807, 2.05) is 58.0 Å². The van der Waals surface area contributed by atoms with Gasteiger partial charge < -0.3 is 10.1 Å². The lowest BCUT2D eigenvalue weighted by Gasteiger charge is -2.37. The third-order valence-corrected chi connectivity index (χ3v) is 5.08. The Morgan fingerprint density at radius 1 is 1.07 bits per heavy atom. The third kappa shape index (κ3) is 5.26. The van der Waals surface area contributed by atoms with E-state index in [0.29, 0.717) is 17.4 Å². The first-order valence-corrected chi connectivity index (χ1v) is 10.1. The van der Waals surface area contributed by atoms with E-state index < -0.39 is 0 Å². The first-order valence-electron chi connectivity index (χ1n) is 9.72. The average Bonchev–Trinajstić information content (AvgIpc) is 2.63. The molecule has 3 rings (SSSR count). The lowest BCUT2D eigenvalue weighted by Crippen LogP contribution is -2.30. The van der Waals surface area contributed by atoms with Gasteiger partial charge in [0.1, 0.15) is 5.75 Å². The van der Waals surface area contributed by atoms with Crippen molar-refractivity contribution in [3.63, 3.8) is 0 Å². The number of nitrogens with one attached hydrogen (secondary N) is 1. The quantitative estimate of drug-likeness (QED) is 0.665. The van der Waals surface area contributed by atoms with Gasteiger partial charge in [-0.15, -0.1) is 0 Å². The monoisotopic (exact) mass is 387 g/mol. The van der Waals surface area contributed by atoms with Gasteiger partial charge in [0.2, 0.25) is 0 Å². The first-order chi connectivity index (χ1) is 13.0. The van der Waals surface area contributed by atoms with Gasteiger partial charge in [0, 0.05) is 16.6 Å². The molecular weight excluding hydrogens is 358 g/mol. The molecule has 2 aromatic rings. The Kier molecular flexibility index (Phi) is 7.73. The number of carbonyl (C=O) groups is 1. The molecule has 0 spiro atoms. The van der Waals surface area contributed by atoms with Gasteiger partial charge in [-0.25, -0.2) is 0 Å². The van der Waals surface area contributed by atoms with E-state index in [-0.39, 0.29) is 11.9 Å². The molecule has 4 heteroatoms. The van der Waals surface area contributed by atoms with Crippen molar-refractivity contribution in [2.24, 2.45) is 0 Å². The summed E-state index contributed by atoms with van der Waals surface area (Å²) in [6.07, 6.45) is 2.13. The molecule has 0 radical (unpaired) electrons. The van der Waals surface area contributed by atoms with Crippen molar-refractivity contribution in [1.82, 2.24) is 5.32 Å². The van der Waals surface area contributed by atoms with Crippen LogP contribution in [0.15, 0.2) is 42.5 Å². The summed E-state index contributed by atoms with van der Waals surface area (Å²) in [7, 11) is 1.68. The molecule has 0 bridgehead atoms. The zero-order valence-electron chi connectivity index (χ0n) is 16.9. The summed E-state index contributed by atoms with van der Waals surface area (Å²) < 4.78 is 5.53. The average molecular weight is 388 g/mol. The maximum absolute atomic E-state index is 12.3. The van der Waals surface area contributed by atoms with Crippen LogP contribution in [0, 0.1) is 0 Å². The van der Waals surface area contributed by atoms with Crippen LogP contribution in [-0.4, -0.2) is 19.1 Å². The Morgan fingerprint density at radius 3 is 2.26 bits per heavy atom. The topological polar surface area (TPSA) is 38.3 Å². The van der Waals surface area contributed by atoms with E-state index in [0.717, 1.165) is 29.2 Å². The van der Waals surface area contributed by atoms with Crippen molar-refractivity contribution in [3.8, 4) is 5.75 Å². The van der Waals surface area contributed by atoms with E-state index in [1.54, 1.807) is 7.11 Å². The molecule has 1 saturated carbocycles. The number of amides is 1. The van der Waals surface area contributed by atoms with Crippen LogP contribution in [0.1, 0.15) is 73.9 Å². The largest absolute Gasteiger partial charge is 0.496 e. The summed E-state index contributed by atoms with van der Waals surface area (Å²) in [6.45, 7) is 7.93. The van der Waals surface area contributed by atoms with E-state index >= 15 is 0 Å². The molecule has 1 N–H and O–H groups in total. The molecule has 2 aromatic carbocycles. The summed E-state index contributed by atoms with van der Waals surface area (Å²) in [5.74, 6) is 1.79. The van der Waals surface area contributed by atoms with Crippen molar-refractivity contribution < 1.29 is 9.53 Å². The Labute approximate surface area is 168 Å². The van der Waals surface area contributed by atoms with Crippen LogP contribution >= 0.6 is 11.6 Å². The number of carbonyl (C=O) groups excluding carboxylic acids is 1. The predicted octanol–water partition coefficient (Wildman–Crippen LogP) is 6.17. The van der Waals surface area contributed by atoms with Crippen LogP contribution in [0.4, 0.5) is 0 Å². The number of hydrogen-bond acceptors (Lipinski definition) is 2. The Balaban J connectivity index is 0.00000126. The maximum atomic E-state index is 12.3. The van der Waals surface area contributed by atoms with Gasteiger partial charge in [0.25, 0.3) is 5.91 Å². The number of halogens is 1. The summed E-state index contributed by atoms with van der Waals surface area (Å²) in [5, 5.41) is 3.72. The number of rotatable bonds is 5. The van der Waals surface area contributed by atoms with Crippen LogP contribution in [0.2, 0.25) is 5.02 Å². The molecule has 0 heterocycles. The second-order valence-corrected chi connectivity index (χ2v) is 7.44. The summed E-state index contributed by atoms with van der Waals surface area (Å²) in [6, 6.07) is 13.9. The molecular formula is C23H30ClNO2. The predicted molar refractivity (Wildman–Crippen MR) is 113 cm³/mol. The minimum atomic E-state index is -0.0347. The lowest BCUT2D eigenvalue weighted by atomic mass is 9.68. The van der Waals surface area contributed by atoms with Gasteiger partial charge in [0.15, 0.2) is 0 Å². The fourth-order valence-electron chi connectivity index (χ4n) is 3.42. The number of benzene rings is 2. The summed E-state index contributed by atoms with van der Waals surface area (Å²) in [4.78, 5) is 12.3. The molecule has 0 saturated heterocycles. The van der Waals surface area contributed by atoms with Gasteiger partial charge in [0.05, 0.1) is 7.11 Å². The van der Waals surface area contributed by atoms with Gasteiger partial charge in [-0.05, 0) is 80.0 Å². The number of methoxy groups -OCH3 is 1. The van der Waals surface area contributed by atoms with Gasteiger partial charge in [-0.3, -0.25) is 4.79 Å². The lowest BCUT2D eigenvalue weighted by molar-refractivity contribution is 0.0943. The molecule has 1 amide bonds. The van der Waals surface area contributed by atoms with E-state index in [9.17, 15) is 4.79 Å². The second-order valence-electron chi connectivity index (χ2n) is 7.00. The van der Waals surface area contributed by atoms with Crippen LogP contribution in [0.5, 0.6) is 5.75 Å². The standard InChI is InChI=1S/C21H24ClNO2.C2H6/c1-13(2)23-21(24)15-6-9-20(25-3)19(12-15)17-10-16(11-17)14-4-7-18(22)8-5-14;1-2/h4-9,12-13,16-17H,10-11H2,1-3H3,(H,23,24);1-2H3. The molecule has 0 atom stereocenters. The molecule has 1 aliphatic carbocycles. The molecule has 0 aliphatic heterocycles. The van der Waals surface area contributed by atoms with Crippen LogP contribution in [0.3, 0.4) is 0 Å². The maximum Gasteiger partial charge on any atom is 0.251 e. The van der Waals surface area contributed by atoms with Crippen molar-refractivity contribution in [2.45, 2.75) is 58.4 Å². The number of ether oxygens (including phenoxy) is 1. The third-order valence-electron chi connectivity index (χ3n) is 4.83. The fraction of sp³-hybridized carbons (Fsp3) is 0.435. The molecule has 146 valence electrons. The molecule has 0 unspecified atom stereocenters. The zero-order valence-corrected chi connectivity index (χ0v) is 17.6. The van der Waals surface area contributed by atoms with Crippen molar-refractivity contribution in [2.75, 3.05) is 7.11 Å². The van der Waals surface area contributed by atoms with E-state index in [2.05, 4.69) is 17.4 Å². The Hall–Kier alpha value is -2.00. The summed E-state index contributed by atoms with van der Waals surface area (Å²) >= 11 is 5.97. The van der Waals surface area contributed by atoms with Crippen molar-refractivity contribution >= 4 is 17.5 Å². The minimum absolute atomic E-state index is 0.0347. The van der Waals surface area contributed by atoms with Crippen LogP contribution in [-0.2, 0) is 0 Å². The normalized spacial score (nSPS) is 18.2. The highest BCUT2D eigenvalue weighted by Gasteiger charge is 2.33. The van der Waals surface area contributed by atoms with Crippen molar-refractivity contribution in [1.29, 1.82) is 0 Å². The van der Waals surface area contributed by atoms with Crippen molar-refractivity contribution in [3.05, 3.63) is 64.2 Å². The first kappa shape index (κ1) is 21.3. The Morgan fingerprint density at radius 2 is 1.70 bits per heavy atom. The van der Waals surface area contributed by atoms with Crippen LogP contribution in [0.25, 0.3) is 0 Å². The molecule has 1 fully saturated rings. The van der Waals surface area contributed by atoms with E-state index in [1.165, 1.54) is 5.56 Å². The Bertz CT molecular complexity index is 749. The molecule has 0 aromatic heterocycles.